The Kier molecular flexibility index (Phi) is 7.79. The minimum Gasteiger partial charge on any atom is -0.489 e. The first kappa shape index (κ1) is 19.3. The van der Waals surface area contributed by atoms with Gasteiger partial charge in [-0.3, -0.25) is 9.89 Å². The standard InChI is InChI=1S/C20H32N4O/c1-5-12-24-13-10-18(11-14-24)23-20(21-4)22-15-17(3)25-19-8-6-16(2)7-9-19/h5-9,17-18H,1,10-15H2,2-4H3,(H2,21,22,23). The van der Waals surface area contributed by atoms with E-state index in [0.29, 0.717) is 12.6 Å². The van der Waals surface area contributed by atoms with E-state index in [1.165, 1.54) is 5.56 Å². The number of piperidine rings is 1. The lowest BCUT2D eigenvalue weighted by Crippen LogP contribution is -2.50. The number of benzene rings is 1. The summed E-state index contributed by atoms with van der Waals surface area (Å²) in [5.41, 5.74) is 1.24. The van der Waals surface area contributed by atoms with Gasteiger partial charge in [0.15, 0.2) is 5.96 Å². The van der Waals surface area contributed by atoms with E-state index >= 15 is 0 Å². The van der Waals surface area contributed by atoms with Crippen molar-refractivity contribution in [3.8, 4) is 5.75 Å². The molecule has 1 atom stereocenters. The molecule has 1 heterocycles. The number of aryl methyl sites for hydroxylation is 1. The maximum Gasteiger partial charge on any atom is 0.191 e. The average molecular weight is 345 g/mol. The third kappa shape index (κ3) is 6.78. The van der Waals surface area contributed by atoms with Crippen LogP contribution in [0.4, 0.5) is 0 Å². The SMILES string of the molecule is C=CCN1CCC(NC(=NC)NCC(C)Oc2ccc(C)cc2)CC1. The normalized spacial score (nSPS) is 17.8. The van der Waals surface area contributed by atoms with Crippen LogP contribution in [-0.2, 0) is 0 Å². The van der Waals surface area contributed by atoms with E-state index in [1.54, 1.807) is 0 Å². The Labute approximate surface area is 152 Å². The molecule has 1 saturated heterocycles. The molecule has 2 N–H and O–H groups in total. The van der Waals surface area contributed by atoms with Gasteiger partial charge in [0.1, 0.15) is 11.9 Å². The topological polar surface area (TPSA) is 48.9 Å². The van der Waals surface area contributed by atoms with Gasteiger partial charge in [0, 0.05) is 32.7 Å². The zero-order valence-corrected chi connectivity index (χ0v) is 15.8. The molecule has 1 aromatic carbocycles. The van der Waals surface area contributed by atoms with Crippen LogP contribution >= 0.6 is 0 Å². The molecule has 1 aliphatic heterocycles. The Balaban J connectivity index is 1.71. The van der Waals surface area contributed by atoms with Gasteiger partial charge in [0.2, 0.25) is 0 Å². The first-order valence-electron chi connectivity index (χ1n) is 9.14. The summed E-state index contributed by atoms with van der Waals surface area (Å²) in [7, 11) is 1.81. The van der Waals surface area contributed by atoms with E-state index in [1.807, 2.05) is 25.3 Å². The summed E-state index contributed by atoms with van der Waals surface area (Å²) in [6, 6.07) is 8.62. The Morgan fingerprint density at radius 1 is 1.36 bits per heavy atom. The average Bonchev–Trinajstić information content (AvgIpc) is 2.62. The van der Waals surface area contributed by atoms with Gasteiger partial charge < -0.3 is 15.4 Å². The summed E-state index contributed by atoms with van der Waals surface area (Å²) < 4.78 is 5.93. The van der Waals surface area contributed by atoms with Crippen molar-refractivity contribution in [3.05, 3.63) is 42.5 Å². The number of hydrogen-bond donors (Lipinski definition) is 2. The lowest BCUT2D eigenvalue weighted by atomic mass is 10.1. The van der Waals surface area contributed by atoms with Crippen LogP contribution in [0.15, 0.2) is 41.9 Å². The maximum atomic E-state index is 5.93. The highest BCUT2D eigenvalue weighted by Gasteiger charge is 2.19. The fourth-order valence-electron chi connectivity index (χ4n) is 2.96. The molecule has 1 aromatic rings. The number of guanidine groups is 1. The number of ether oxygens (including phenoxy) is 1. The predicted octanol–water partition coefficient (Wildman–Crippen LogP) is 2.58. The van der Waals surface area contributed by atoms with Gasteiger partial charge in [-0.15, -0.1) is 6.58 Å². The fraction of sp³-hybridized carbons (Fsp3) is 0.550. The van der Waals surface area contributed by atoms with Crippen molar-refractivity contribution in [2.24, 2.45) is 4.99 Å². The molecular weight excluding hydrogens is 312 g/mol. The summed E-state index contributed by atoms with van der Waals surface area (Å²) in [6.45, 7) is 11.9. The van der Waals surface area contributed by atoms with Gasteiger partial charge in [-0.2, -0.15) is 0 Å². The molecular formula is C20H32N4O. The molecule has 0 spiro atoms. The quantitative estimate of drug-likeness (QED) is 0.453. The highest BCUT2D eigenvalue weighted by Crippen LogP contribution is 2.13. The number of rotatable bonds is 7. The fourth-order valence-corrected chi connectivity index (χ4v) is 2.96. The van der Waals surface area contributed by atoms with Crippen molar-refractivity contribution in [1.82, 2.24) is 15.5 Å². The highest BCUT2D eigenvalue weighted by atomic mass is 16.5. The van der Waals surface area contributed by atoms with Crippen LogP contribution in [0.25, 0.3) is 0 Å². The number of nitrogens with zero attached hydrogens (tertiary/aromatic N) is 2. The minimum atomic E-state index is 0.0655. The van der Waals surface area contributed by atoms with Gasteiger partial charge >= 0.3 is 0 Å². The molecule has 1 unspecified atom stereocenters. The van der Waals surface area contributed by atoms with Crippen molar-refractivity contribution in [2.45, 2.75) is 38.8 Å². The van der Waals surface area contributed by atoms with E-state index in [-0.39, 0.29) is 6.10 Å². The molecule has 1 aliphatic rings. The maximum absolute atomic E-state index is 5.93. The third-order valence-corrected chi connectivity index (χ3v) is 4.45. The number of hydrogen-bond acceptors (Lipinski definition) is 3. The predicted molar refractivity (Wildman–Crippen MR) is 105 cm³/mol. The van der Waals surface area contributed by atoms with E-state index in [4.69, 9.17) is 4.74 Å². The van der Waals surface area contributed by atoms with E-state index in [0.717, 1.165) is 44.2 Å². The molecule has 5 heteroatoms. The molecule has 5 nitrogen and oxygen atoms in total. The second kappa shape index (κ2) is 10.1. The molecule has 0 aliphatic carbocycles. The van der Waals surface area contributed by atoms with E-state index in [2.05, 4.69) is 53.1 Å². The zero-order valence-electron chi connectivity index (χ0n) is 15.8. The molecule has 138 valence electrons. The van der Waals surface area contributed by atoms with Crippen LogP contribution in [0.3, 0.4) is 0 Å². The first-order chi connectivity index (χ1) is 12.1. The van der Waals surface area contributed by atoms with Gasteiger partial charge in [-0.1, -0.05) is 23.8 Å². The van der Waals surface area contributed by atoms with Crippen LogP contribution in [-0.4, -0.2) is 56.2 Å². The van der Waals surface area contributed by atoms with E-state index < -0.39 is 0 Å². The van der Waals surface area contributed by atoms with Crippen LogP contribution in [0, 0.1) is 6.92 Å². The number of likely N-dealkylation sites (tertiary alicyclic amines) is 1. The van der Waals surface area contributed by atoms with Gasteiger partial charge in [0.05, 0.1) is 6.54 Å². The number of aliphatic imine (C=N–C) groups is 1. The Hall–Kier alpha value is -2.01. The summed E-state index contributed by atoms with van der Waals surface area (Å²) in [6.07, 6.45) is 4.30. The van der Waals surface area contributed by atoms with Gasteiger partial charge in [-0.25, -0.2) is 0 Å². The van der Waals surface area contributed by atoms with Crippen LogP contribution in [0.1, 0.15) is 25.3 Å². The van der Waals surface area contributed by atoms with Crippen molar-refractivity contribution >= 4 is 5.96 Å². The summed E-state index contributed by atoms with van der Waals surface area (Å²) in [5.74, 6) is 1.75. The lowest BCUT2D eigenvalue weighted by molar-refractivity contribution is 0.219. The zero-order chi connectivity index (χ0) is 18.1. The Morgan fingerprint density at radius 3 is 2.64 bits per heavy atom. The first-order valence-corrected chi connectivity index (χ1v) is 9.14. The third-order valence-electron chi connectivity index (χ3n) is 4.45. The Morgan fingerprint density at radius 2 is 2.04 bits per heavy atom. The van der Waals surface area contributed by atoms with Crippen molar-refractivity contribution in [3.63, 3.8) is 0 Å². The monoisotopic (exact) mass is 344 g/mol. The molecule has 2 rings (SSSR count). The van der Waals surface area contributed by atoms with Crippen molar-refractivity contribution < 1.29 is 4.74 Å². The molecule has 25 heavy (non-hydrogen) atoms. The molecule has 0 radical (unpaired) electrons. The highest BCUT2D eigenvalue weighted by molar-refractivity contribution is 5.80. The second-order valence-electron chi connectivity index (χ2n) is 6.70. The molecule has 0 bridgehead atoms. The number of nitrogens with one attached hydrogen (secondary N) is 2. The van der Waals surface area contributed by atoms with Crippen LogP contribution < -0.4 is 15.4 Å². The van der Waals surface area contributed by atoms with Gasteiger partial charge in [0.25, 0.3) is 0 Å². The molecule has 1 fully saturated rings. The van der Waals surface area contributed by atoms with E-state index in [9.17, 15) is 0 Å². The lowest BCUT2D eigenvalue weighted by Gasteiger charge is -2.32. The minimum absolute atomic E-state index is 0.0655. The van der Waals surface area contributed by atoms with Crippen LogP contribution in [0.2, 0.25) is 0 Å². The molecule has 0 saturated carbocycles. The Bertz CT molecular complexity index is 547. The summed E-state index contributed by atoms with van der Waals surface area (Å²) >= 11 is 0. The summed E-state index contributed by atoms with van der Waals surface area (Å²) in [4.78, 5) is 6.77. The van der Waals surface area contributed by atoms with Crippen molar-refractivity contribution in [2.75, 3.05) is 33.2 Å². The summed E-state index contributed by atoms with van der Waals surface area (Å²) in [5, 5.41) is 6.89. The van der Waals surface area contributed by atoms with Gasteiger partial charge in [-0.05, 0) is 38.8 Å². The smallest absolute Gasteiger partial charge is 0.191 e. The second-order valence-corrected chi connectivity index (χ2v) is 6.70. The van der Waals surface area contributed by atoms with Crippen LogP contribution in [0.5, 0.6) is 5.75 Å². The van der Waals surface area contributed by atoms with Crippen molar-refractivity contribution in [1.29, 1.82) is 0 Å². The largest absolute Gasteiger partial charge is 0.489 e. The molecule has 0 amide bonds. The molecule has 0 aromatic heterocycles.